The predicted molar refractivity (Wildman–Crippen MR) is 75.5 cm³/mol. The molecule has 0 aliphatic carbocycles. The number of hydrogen-bond acceptors (Lipinski definition) is 4. The first-order valence-electron chi connectivity index (χ1n) is 4.73. The first-order chi connectivity index (χ1) is 7.27. The number of rotatable bonds is 3. The molecule has 86 valence electrons. The fourth-order valence-electron chi connectivity index (χ4n) is 1.47. The molecule has 0 unspecified atom stereocenters. The second-order valence-electron chi connectivity index (χ2n) is 3.27. The summed E-state index contributed by atoms with van der Waals surface area (Å²) < 4.78 is 0. The molecule has 0 aliphatic rings. The van der Waals surface area contributed by atoms with Crippen LogP contribution in [0.2, 0.25) is 0 Å². The molecule has 1 aromatic heterocycles. The van der Waals surface area contributed by atoms with E-state index >= 15 is 0 Å². The largest absolute Gasteiger partial charge is 0.307 e. The summed E-state index contributed by atoms with van der Waals surface area (Å²) in [5, 5.41) is 1.15. The Kier molecular flexibility index (Phi) is 5.21. The van der Waals surface area contributed by atoms with Crippen LogP contribution in [-0.2, 0) is 5.75 Å². The zero-order valence-corrected chi connectivity index (χ0v) is 11.2. The highest BCUT2D eigenvalue weighted by molar-refractivity contribution is 8.93. The van der Waals surface area contributed by atoms with E-state index < -0.39 is 0 Å². The molecule has 0 radical (unpaired) electrons. The van der Waals surface area contributed by atoms with E-state index in [0.29, 0.717) is 0 Å². The van der Waals surface area contributed by atoms with Crippen molar-refractivity contribution < 1.29 is 0 Å². The fraction of sp³-hybridized carbons (Fsp3) is 0.182. The normalized spacial score (nSPS) is 10.4. The van der Waals surface area contributed by atoms with E-state index in [1.165, 1.54) is 17.3 Å². The molecular weight excluding hydrogens is 286 g/mol. The van der Waals surface area contributed by atoms with Crippen LogP contribution in [0.3, 0.4) is 0 Å². The average molecular weight is 300 g/mol. The molecule has 1 heterocycles. The summed E-state index contributed by atoms with van der Waals surface area (Å²) in [6, 6.07) is 10.1. The number of halogens is 1. The number of thioether (sulfide) groups is 1. The summed E-state index contributed by atoms with van der Waals surface area (Å²) in [6.45, 7) is 0. The first kappa shape index (κ1) is 13.4. The van der Waals surface area contributed by atoms with Gasteiger partial charge < -0.3 is 11.5 Å². The van der Waals surface area contributed by atoms with Crippen molar-refractivity contribution in [2.24, 2.45) is 11.5 Å². The maximum Gasteiger partial charge on any atom is 0.101 e. The highest BCUT2D eigenvalue weighted by atomic mass is 79.9. The Labute approximate surface area is 109 Å². The van der Waals surface area contributed by atoms with Gasteiger partial charge in [0.25, 0.3) is 0 Å². The Morgan fingerprint density at radius 2 is 1.94 bits per heavy atom. The van der Waals surface area contributed by atoms with E-state index in [4.69, 9.17) is 11.5 Å². The molecule has 0 aliphatic heterocycles. The van der Waals surface area contributed by atoms with Crippen molar-refractivity contribution in [2.75, 3.05) is 0 Å². The molecule has 0 amide bonds. The zero-order chi connectivity index (χ0) is 10.7. The third-order valence-electron chi connectivity index (χ3n) is 2.15. The summed E-state index contributed by atoms with van der Waals surface area (Å²) in [5.74, 6) is 0.798. The lowest BCUT2D eigenvalue weighted by molar-refractivity contribution is 0.986. The van der Waals surface area contributed by atoms with Gasteiger partial charge in [0.1, 0.15) is 5.50 Å². The van der Waals surface area contributed by atoms with E-state index in [1.807, 2.05) is 12.1 Å². The van der Waals surface area contributed by atoms with Gasteiger partial charge in [-0.15, -0.1) is 28.7 Å². The van der Waals surface area contributed by atoms with Gasteiger partial charge in [-0.2, -0.15) is 0 Å². The Bertz CT molecular complexity index is 456. The highest BCUT2D eigenvalue weighted by Crippen LogP contribution is 2.20. The molecule has 5 heteroatoms. The fourth-order valence-corrected chi connectivity index (χ4v) is 2.07. The molecule has 0 saturated carbocycles. The number of fused-ring (bicyclic) bond motifs is 1. The van der Waals surface area contributed by atoms with E-state index in [0.717, 1.165) is 16.7 Å². The van der Waals surface area contributed by atoms with Gasteiger partial charge in [0.15, 0.2) is 0 Å². The number of aromatic nitrogens is 1. The molecule has 2 aromatic rings. The molecule has 2 rings (SSSR count). The second kappa shape index (κ2) is 6.20. The van der Waals surface area contributed by atoms with Gasteiger partial charge in [-0.25, -0.2) is 0 Å². The van der Waals surface area contributed by atoms with Gasteiger partial charge in [-0.3, -0.25) is 4.98 Å². The molecule has 0 bridgehead atoms. The number of hydrogen-bond donors (Lipinski definition) is 2. The van der Waals surface area contributed by atoms with Crippen molar-refractivity contribution in [1.82, 2.24) is 4.98 Å². The first-order valence-corrected chi connectivity index (χ1v) is 5.77. The Morgan fingerprint density at radius 3 is 2.69 bits per heavy atom. The molecule has 1 aromatic carbocycles. The van der Waals surface area contributed by atoms with Gasteiger partial charge in [0.2, 0.25) is 0 Å². The molecule has 0 atom stereocenters. The Balaban J connectivity index is 0.00000128. The van der Waals surface area contributed by atoms with Crippen molar-refractivity contribution >= 4 is 39.6 Å². The zero-order valence-electron chi connectivity index (χ0n) is 8.67. The Morgan fingerprint density at radius 1 is 1.19 bits per heavy atom. The quantitative estimate of drug-likeness (QED) is 0.853. The molecule has 0 saturated heterocycles. The van der Waals surface area contributed by atoms with Crippen molar-refractivity contribution in [2.45, 2.75) is 11.3 Å². The third kappa shape index (κ3) is 3.18. The second-order valence-corrected chi connectivity index (χ2v) is 4.43. The van der Waals surface area contributed by atoms with Gasteiger partial charge in [0, 0.05) is 17.3 Å². The standard InChI is InChI=1S/C11H13N3S.BrH/c12-11(13)15-7-9-4-1-3-8-5-2-6-14-10(8)9;/h1-6,11H,7,12-13H2;1H. The summed E-state index contributed by atoms with van der Waals surface area (Å²) in [4.78, 5) is 4.36. The van der Waals surface area contributed by atoms with E-state index in [-0.39, 0.29) is 22.5 Å². The van der Waals surface area contributed by atoms with Crippen LogP contribution >= 0.6 is 28.7 Å². The maximum absolute atomic E-state index is 5.50. The molecular formula is C11H14BrN3S. The lowest BCUT2D eigenvalue weighted by atomic mass is 10.1. The van der Waals surface area contributed by atoms with Gasteiger partial charge in [0.05, 0.1) is 5.52 Å². The van der Waals surface area contributed by atoms with E-state index in [9.17, 15) is 0 Å². The summed E-state index contributed by atoms with van der Waals surface area (Å²) in [5.41, 5.74) is 12.9. The van der Waals surface area contributed by atoms with E-state index in [1.54, 1.807) is 6.20 Å². The maximum atomic E-state index is 5.50. The van der Waals surface area contributed by atoms with Crippen LogP contribution in [0, 0.1) is 0 Å². The summed E-state index contributed by atoms with van der Waals surface area (Å²) in [6.07, 6.45) is 1.80. The number of para-hydroxylation sites is 1. The lowest BCUT2D eigenvalue weighted by Gasteiger charge is -2.07. The van der Waals surface area contributed by atoms with Gasteiger partial charge in [-0.1, -0.05) is 24.3 Å². The minimum absolute atomic E-state index is 0. The smallest absolute Gasteiger partial charge is 0.101 e. The molecule has 4 N–H and O–H groups in total. The van der Waals surface area contributed by atoms with Crippen LogP contribution in [0.4, 0.5) is 0 Å². The minimum atomic E-state index is -0.330. The number of nitrogens with two attached hydrogens (primary N) is 2. The van der Waals surface area contributed by atoms with Crippen LogP contribution in [0.25, 0.3) is 10.9 Å². The van der Waals surface area contributed by atoms with Crippen LogP contribution in [0.15, 0.2) is 36.5 Å². The molecule has 3 nitrogen and oxygen atoms in total. The third-order valence-corrected chi connectivity index (χ3v) is 3.01. The molecule has 0 spiro atoms. The number of nitrogens with zero attached hydrogens (tertiary/aromatic N) is 1. The summed E-state index contributed by atoms with van der Waals surface area (Å²) in [7, 11) is 0. The average Bonchev–Trinajstić information content (AvgIpc) is 2.26. The van der Waals surface area contributed by atoms with Crippen LogP contribution in [0.5, 0.6) is 0 Å². The lowest BCUT2D eigenvalue weighted by Crippen LogP contribution is -2.26. The molecule has 16 heavy (non-hydrogen) atoms. The SMILES string of the molecule is Br.NC(N)SCc1cccc2cccnc12. The van der Waals surface area contributed by atoms with Crippen molar-refractivity contribution in [3.63, 3.8) is 0 Å². The highest BCUT2D eigenvalue weighted by Gasteiger charge is 2.02. The van der Waals surface area contributed by atoms with Crippen molar-refractivity contribution in [3.8, 4) is 0 Å². The minimum Gasteiger partial charge on any atom is -0.307 e. The van der Waals surface area contributed by atoms with Crippen LogP contribution in [0.1, 0.15) is 5.56 Å². The summed E-state index contributed by atoms with van der Waals surface area (Å²) >= 11 is 1.51. The van der Waals surface area contributed by atoms with Crippen LogP contribution in [-0.4, -0.2) is 10.5 Å². The molecule has 0 fully saturated rings. The van der Waals surface area contributed by atoms with Crippen LogP contribution < -0.4 is 11.5 Å². The van der Waals surface area contributed by atoms with Gasteiger partial charge >= 0.3 is 0 Å². The van der Waals surface area contributed by atoms with E-state index in [2.05, 4.69) is 23.2 Å². The van der Waals surface area contributed by atoms with Gasteiger partial charge in [-0.05, 0) is 11.6 Å². The Hall–Kier alpha value is -0.620. The van der Waals surface area contributed by atoms with Crippen molar-refractivity contribution in [3.05, 3.63) is 42.1 Å². The monoisotopic (exact) mass is 299 g/mol. The number of pyridine rings is 1. The van der Waals surface area contributed by atoms with Crippen molar-refractivity contribution in [1.29, 1.82) is 0 Å². The predicted octanol–water partition coefficient (Wildman–Crippen LogP) is 2.25. The number of benzene rings is 1. The topological polar surface area (TPSA) is 64.9 Å².